The van der Waals surface area contributed by atoms with Gasteiger partial charge in [0.15, 0.2) is 5.78 Å². The van der Waals surface area contributed by atoms with E-state index < -0.39 is 29.6 Å². The zero-order chi connectivity index (χ0) is 15.3. The maximum absolute atomic E-state index is 13.6. The monoisotopic (exact) mass is 287 g/mol. The number of hydrogen-bond acceptors (Lipinski definition) is 4. The molecule has 112 valence electrons. The summed E-state index contributed by atoms with van der Waals surface area (Å²) in [6.07, 6.45) is -0.738. The Labute approximate surface area is 117 Å². The van der Waals surface area contributed by atoms with Crippen LogP contribution in [0, 0.1) is 11.6 Å². The van der Waals surface area contributed by atoms with Crippen molar-refractivity contribution >= 4 is 5.78 Å². The molecule has 0 aromatic heterocycles. The van der Waals surface area contributed by atoms with Gasteiger partial charge in [-0.15, -0.1) is 0 Å². The number of aliphatic hydroxyl groups excluding tert-OH is 1. The van der Waals surface area contributed by atoms with Crippen LogP contribution in [-0.2, 0) is 4.74 Å². The smallest absolute Gasteiger partial charge is 0.182 e. The fraction of sp³-hybridized carbons (Fsp3) is 0.500. The predicted octanol–water partition coefficient (Wildman–Crippen LogP) is 1.48. The fourth-order valence-electron chi connectivity index (χ4n) is 1.85. The Morgan fingerprint density at radius 1 is 1.45 bits per heavy atom. The highest BCUT2D eigenvalue weighted by atomic mass is 19.1. The third-order valence-electron chi connectivity index (χ3n) is 3.09. The molecule has 0 radical (unpaired) electrons. The maximum Gasteiger partial charge on any atom is 0.182 e. The number of rotatable bonds is 7. The molecule has 0 spiro atoms. The number of hydrogen-bond donors (Lipinski definition) is 1. The van der Waals surface area contributed by atoms with E-state index in [4.69, 9.17) is 4.74 Å². The first kappa shape index (κ1) is 16.7. The van der Waals surface area contributed by atoms with Crippen molar-refractivity contribution in [3.05, 3.63) is 35.4 Å². The van der Waals surface area contributed by atoms with Gasteiger partial charge in [0.25, 0.3) is 0 Å². The lowest BCUT2D eigenvalue weighted by Crippen LogP contribution is -2.42. The van der Waals surface area contributed by atoms with Crippen molar-refractivity contribution in [3.63, 3.8) is 0 Å². The van der Waals surface area contributed by atoms with Gasteiger partial charge in [0.2, 0.25) is 0 Å². The lowest BCUT2D eigenvalue weighted by molar-refractivity contribution is 0.0350. The molecule has 1 aromatic carbocycles. The van der Waals surface area contributed by atoms with Crippen molar-refractivity contribution in [2.75, 3.05) is 27.3 Å². The van der Waals surface area contributed by atoms with Gasteiger partial charge in [-0.25, -0.2) is 8.78 Å². The van der Waals surface area contributed by atoms with Crippen LogP contribution in [-0.4, -0.2) is 55.2 Å². The second-order valence-electron chi connectivity index (χ2n) is 4.71. The Morgan fingerprint density at radius 2 is 2.10 bits per heavy atom. The summed E-state index contributed by atoms with van der Waals surface area (Å²) in [5.41, 5.74) is -0.160. The van der Waals surface area contributed by atoms with Gasteiger partial charge in [-0.3, -0.25) is 9.69 Å². The summed E-state index contributed by atoms with van der Waals surface area (Å²) in [6.45, 7) is 1.96. The number of ketones is 1. The largest absolute Gasteiger partial charge is 0.389 e. The molecule has 0 amide bonds. The van der Waals surface area contributed by atoms with Crippen molar-refractivity contribution in [2.24, 2.45) is 0 Å². The van der Waals surface area contributed by atoms with Crippen LogP contribution in [0.15, 0.2) is 18.2 Å². The van der Waals surface area contributed by atoms with E-state index in [-0.39, 0.29) is 18.7 Å². The standard InChI is InChI=1S/C14H19F2NO3/c1-9(17(2)7-11(18)8-20-3)14(19)12-5-4-10(15)6-13(12)16/h4-6,9,11,18H,7-8H2,1-3H3. The third-order valence-corrected chi connectivity index (χ3v) is 3.09. The molecule has 0 heterocycles. The van der Waals surface area contributed by atoms with Crippen molar-refractivity contribution in [2.45, 2.75) is 19.1 Å². The van der Waals surface area contributed by atoms with E-state index >= 15 is 0 Å². The summed E-state index contributed by atoms with van der Waals surface area (Å²) < 4.78 is 31.2. The molecule has 1 N–H and O–H groups in total. The van der Waals surface area contributed by atoms with Crippen LogP contribution in [0.25, 0.3) is 0 Å². The minimum atomic E-state index is -0.882. The average Bonchev–Trinajstić information content (AvgIpc) is 2.37. The molecule has 20 heavy (non-hydrogen) atoms. The van der Waals surface area contributed by atoms with E-state index in [1.807, 2.05) is 0 Å². The second kappa shape index (κ2) is 7.42. The molecule has 0 saturated heterocycles. The minimum Gasteiger partial charge on any atom is -0.389 e. The van der Waals surface area contributed by atoms with E-state index in [2.05, 4.69) is 0 Å². The average molecular weight is 287 g/mol. The van der Waals surface area contributed by atoms with Gasteiger partial charge in [0.05, 0.1) is 24.3 Å². The Hall–Kier alpha value is -1.37. The molecule has 1 aromatic rings. The molecule has 0 aliphatic heterocycles. The highest BCUT2D eigenvalue weighted by molar-refractivity contribution is 6.00. The van der Waals surface area contributed by atoms with Crippen molar-refractivity contribution < 1.29 is 23.4 Å². The highest BCUT2D eigenvalue weighted by Crippen LogP contribution is 2.14. The zero-order valence-electron chi connectivity index (χ0n) is 11.8. The summed E-state index contributed by atoms with van der Waals surface area (Å²) in [6, 6.07) is 2.22. The SMILES string of the molecule is COCC(O)CN(C)C(C)C(=O)c1ccc(F)cc1F. The first-order chi connectivity index (χ1) is 9.36. The van der Waals surface area contributed by atoms with Gasteiger partial charge in [-0.2, -0.15) is 0 Å². The molecule has 0 bridgehead atoms. The Kier molecular flexibility index (Phi) is 6.19. The van der Waals surface area contributed by atoms with Crippen LogP contribution >= 0.6 is 0 Å². The predicted molar refractivity (Wildman–Crippen MR) is 70.7 cm³/mol. The normalized spacial score (nSPS) is 14.3. The summed E-state index contributed by atoms with van der Waals surface area (Å²) in [7, 11) is 3.11. The Balaban J connectivity index is 2.75. The van der Waals surface area contributed by atoms with Gasteiger partial charge in [-0.05, 0) is 26.1 Å². The Bertz CT molecular complexity index is 468. The lowest BCUT2D eigenvalue weighted by atomic mass is 10.0. The first-order valence-electron chi connectivity index (χ1n) is 6.23. The molecule has 4 nitrogen and oxygen atoms in total. The number of halogens is 2. The molecule has 0 fully saturated rings. The number of methoxy groups -OCH3 is 1. The third kappa shape index (κ3) is 4.33. The van der Waals surface area contributed by atoms with Crippen LogP contribution in [0.2, 0.25) is 0 Å². The van der Waals surface area contributed by atoms with E-state index in [1.54, 1.807) is 18.9 Å². The summed E-state index contributed by atoms with van der Waals surface area (Å²) in [4.78, 5) is 13.7. The topological polar surface area (TPSA) is 49.8 Å². The van der Waals surface area contributed by atoms with Gasteiger partial charge in [0.1, 0.15) is 11.6 Å². The number of benzene rings is 1. The molecular weight excluding hydrogens is 268 g/mol. The van der Waals surface area contributed by atoms with Crippen molar-refractivity contribution in [3.8, 4) is 0 Å². The van der Waals surface area contributed by atoms with Crippen LogP contribution in [0.1, 0.15) is 17.3 Å². The Morgan fingerprint density at radius 3 is 2.65 bits per heavy atom. The number of carbonyl (C=O) groups excluding carboxylic acids is 1. The van der Waals surface area contributed by atoms with Crippen molar-refractivity contribution in [1.82, 2.24) is 4.90 Å². The summed E-state index contributed by atoms with van der Waals surface area (Å²) >= 11 is 0. The van der Waals surface area contributed by atoms with Crippen molar-refractivity contribution in [1.29, 1.82) is 0 Å². The molecular formula is C14H19F2NO3. The van der Waals surface area contributed by atoms with E-state index in [9.17, 15) is 18.7 Å². The van der Waals surface area contributed by atoms with Crippen LogP contribution in [0.4, 0.5) is 8.78 Å². The maximum atomic E-state index is 13.6. The molecule has 6 heteroatoms. The molecule has 2 atom stereocenters. The molecule has 0 aliphatic carbocycles. The molecule has 0 saturated carbocycles. The first-order valence-corrected chi connectivity index (χ1v) is 6.23. The molecule has 2 unspecified atom stereocenters. The fourth-order valence-corrected chi connectivity index (χ4v) is 1.85. The zero-order valence-corrected chi connectivity index (χ0v) is 11.8. The number of Topliss-reactive ketones (excluding diaryl/α,β-unsaturated/α-hetero) is 1. The van der Waals surface area contributed by atoms with Crippen LogP contribution in [0.3, 0.4) is 0 Å². The van der Waals surface area contributed by atoms with Crippen LogP contribution in [0.5, 0.6) is 0 Å². The minimum absolute atomic E-state index is 0.149. The quantitative estimate of drug-likeness (QED) is 0.772. The van der Waals surface area contributed by atoms with E-state index in [0.29, 0.717) is 6.07 Å². The number of nitrogens with zero attached hydrogens (tertiary/aromatic N) is 1. The van der Waals surface area contributed by atoms with E-state index in [1.165, 1.54) is 7.11 Å². The van der Waals surface area contributed by atoms with E-state index in [0.717, 1.165) is 12.1 Å². The second-order valence-corrected chi connectivity index (χ2v) is 4.71. The highest BCUT2D eigenvalue weighted by Gasteiger charge is 2.24. The van der Waals surface area contributed by atoms with Gasteiger partial charge in [0, 0.05) is 19.7 Å². The van der Waals surface area contributed by atoms with Gasteiger partial charge in [-0.1, -0.05) is 0 Å². The number of aliphatic hydroxyl groups is 1. The lowest BCUT2D eigenvalue weighted by Gasteiger charge is -2.25. The number of likely N-dealkylation sites (N-methyl/N-ethyl adjacent to an activating group) is 1. The molecule has 1 rings (SSSR count). The summed E-state index contributed by atoms with van der Waals surface area (Å²) in [5, 5.41) is 9.61. The van der Waals surface area contributed by atoms with Gasteiger partial charge < -0.3 is 9.84 Å². The molecule has 0 aliphatic rings. The number of ether oxygens (including phenoxy) is 1. The van der Waals surface area contributed by atoms with Gasteiger partial charge >= 0.3 is 0 Å². The van der Waals surface area contributed by atoms with Crippen LogP contribution < -0.4 is 0 Å². The summed E-state index contributed by atoms with van der Waals surface area (Å²) in [5.74, 6) is -2.07. The number of carbonyl (C=O) groups is 1.